The normalized spacial score (nSPS) is 23.3. The molecule has 0 aliphatic carbocycles. The van der Waals surface area contributed by atoms with Crippen LogP contribution in [0.4, 0.5) is 0 Å². The first-order valence-electron chi connectivity index (χ1n) is 2.87. The van der Waals surface area contributed by atoms with Gasteiger partial charge in [0.15, 0.2) is 9.84 Å². The third kappa shape index (κ3) is 1.70. The van der Waals surface area contributed by atoms with Crippen LogP contribution in [0.5, 0.6) is 0 Å². The van der Waals surface area contributed by atoms with Crippen molar-refractivity contribution in [3.63, 3.8) is 0 Å². The summed E-state index contributed by atoms with van der Waals surface area (Å²) in [7, 11) is -2.85. The number of rotatable bonds is 1. The van der Waals surface area contributed by atoms with E-state index in [9.17, 15) is 13.2 Å². The Bertz CT molecular complexity index is 228. The molecule has 1 aliphatic rings. The Morgan fingerprint density at radius 2 is 2.00 bits per heavy atom. The first-order valence-corrected chi connectivity index (χ1v) is 4.69. The van der Waals surface area contributed by atoms with Crippen LogP contribution in [0.1, 0.15) is 6.92 Å². The first kappa shape index (κ1) is 7.53. The first-order chi connectivity index (χ1) is 4.49. The zero-order chi connectivity index (χ0) is 7.78. The zero-order valence-corrected chi connectivity index (χ0v) is 6.35. The fourth-order valence-corrected chi connectivity index (χ4v) is 1.99. The maximum atomic E-state index is 10.5. The van der Waals surface area contributed by atoms with Crippen LogP contribution in [0, 0.1) is 0 Å². The molecule has 10 heavy (non-hydrogen) atoms. The molecule has 1 rings (SSSR count). The number of hydrogen-bond donors (Lipinski definition) is 0. The van der Waals surface area contributed by atoms with Crippen LogP contribution in [0.3, 0.4) is 0 Å². The minimum absolute atomic E-state index is 0.00736. The van der Waals surface area contributed by atoms with Crippen LogP contribution in [0.2, 0.25) is 0 Å². The van der Waals surface area contributed by atoms with E-state index in [0.717, 1.165) is 0 Å². The molecular formula is C5H8O4S. The molecule has 58 valence electrons. The van der Waals surface area contributed by atoms with Crippen LogP contribution >= 0.6 is 0 Å². The lowest BCUT2D eigenvalue weighted by Gasteiger charge is -2.24. The van der Waals surface area contributed by atoms with Gasteiger partial charge in [0.1, 0.15) is 6.10 Å². The highest BCUT2D eigenvalue weighted by Crippen LogP contribution is 2.13. The van der Waals surface area contributed by atoms with Gasteiger partial charge in [0.05, 0.1) is 11.5 Å². The van der Waals surface area contributed by atoms with Crippen molar-refractivity contribution in [2.75, 3.05) is 11.5 Å². The van der Waals surface area contributed by atoms with Gasteiger partial charge in [0.25, 0.3) is 0 Å². The van der Waals surface area contributed by atoms with Crippen molar-refractivity contribution in [1.29, 1.82) is 0 Å². The molecule has 0 atom stereocenters. The summed E-state index contributed by atoms with van der Waals surface area (Å²) in [5.41, 5.74) is 0. The van der Waals surface area contributed by atoms with Gasteiger partial charge in [0.2, 0.25) is 0 Å². The van der Waals surface area contributed by atoms with E-state index in [1.54, 1.807) is 0 Å². The topological polar surface area (TPSA) is 60.4 Å². The van der Waals surface area contributed by atoms with E-state index < -0.39 is 15.8 Å². The fourth-order valence-electron chi connectivity index (χ4n) is 0.820. The van der Waals surface area contributed by atoms with E-state index in [1.807, 2.05) is 0 Å². The Kier molecular flexibility index (Phi) is 1.68. The van der Waals surface area contributed by atoms with Crippen LogP contribution in [0.25, 0.3) is 0 Å². The standard InChI is InChI=1S/C5H8O4S/c1-4(6)9-5-2-10(7,8)3-5/h5H,2-3H2,1H3. The molecule has 5 heteroatoms. The molecule has 0 saturated carbocycles. The summed E-state index contributed by atoms with van der Waals surface area (Å²) in [6.07, 6.45) is -0.387. The molecule has 4 nitrogen and oxygen atoms in total. The molecule has 0 N–H and O–H groups in total. The monoisotopic (exact) mass is 164 g/mol. The zero-order valence-electron chi connectivity index (χ0n) is 5.53. The molecule has 0 spiro atoms. The second-order valence-corrected chi connectivity index (χ2v) is 4.46. The third-order valence-electron chi connectivity index (χ3n) is 1.21. The van der Waals surface area contributed by atoms with Gasteiger partial charge < -0.3 is 4.74 Å². The highest BCUT2D eigenvalue weighted by atomic mass is 32.2. The highest BCUT2D eigenvalue weighted by Gasteiger charge is 2.35. The number of esters is 1. The SMILES string of the molecule is CC(=O)OC1CS(=O)(=O)C1. The van der Waals surface area contributed by atoms with E-state index >= 15 is 0 Å². The summed E-state index contributed by atoms with van der Waals surface area (Å²) >= 11 is 0. The molecule has 1 aliphatic heterocycles. The van der Waals surface area contributed by atoms with Crippen molar-refractivity contribution in [2.24, 2.45) is 0 Å². The number of ether oxygens (including phenoxy) is 1. The largest absolute Gasteiger partial charge is 0.460 e. The fraction of sp³-hybridized carbons (Fsp3) is 0.800. The van der Waals surface area contributed by atoms with Gasteiger partial charge in [-0.2, -0.15) is 0 Å². The van der Waals surface area contributed by atoms with Gasteiger partial charge in [-0.05, 0) is 0 Å². The van der Waals surface area contributed by atoms with Crippen LogP contribution in [-0.2, 0) is 19.4 Å². The van der Waals surface area contributed by atoms with E-state index in [0.29, 0.717) is 0 Å². The molecule has 0 unspecified atom stereocenters. The minimum Gasteiger partial charge on any atom is -0.460 e. The molecule has 0 bridgehead atoms. The van der Waals surface area contributed by atoms with E-state index in [4.69, 9.17) is 0 Å². The van der Waals surface area contributed by atoms with Gasteiger partial charge in [-0.15, -0.1) is 0 Å². The van der Waals surface area contributed by atoms with Crippen LogP contribution in [0.15, 0.2) is 0 Å². The lowest BCUT2D eigenvalue weighted by Crippen LogP contribution is -2.43. The van der Waals surface area contributed by atoms with Crippen molar-refractivity contribution in [2.45, 2.75) is 13.0 Å². The maximum absolute atomic E-state index is 10.5. The smallest absolute Gasteiger partial charge is 0.302 e. The number of carbonyl (C=O) groups excluding carboxylic acids is 1. The molecule has 0 aromatic rings. The molecule has 0 aromatic heterocycles. The Morgan fingerprint density at radius 3 is 2.30 bits per heavy atom. The summed E-state index contributed by atoms with van der Waals surface area (Å²) in [6, 6.07) is 0. The Morgan fingerprint density at radius 1 is 1.50 bits per heavy atom. The van der Waals surface area contributed by atoms with Crippen molar-refractivity contribution >= 4 is 15.8 Å². The molecule has 0 aromatic carbocycles. The average Bonchev–Trinajstić information content (AvgIpc) is 1.57. The van der Waals surface area contributed by atoms with Crippen molar-refractivity contribution in [3.05, 3.63) is 0 Å². The van der Waals surface area contributed by atoms with Gasteiger partial charge in [-0.3, -0.25) is 4.79 Å². The summed E-state index contributed by atoms with van der Waals surface area (Å²) in [6.45, 7) is 1.27. The summed E-state index contributed by atoms with van der Waals surface area (Å²) in [5.74, 6) is -0.431. The summed E-state index contributed by atoms with van der Waals surface area (Å²) < 4.78 is 25.6. The molecule has 0 radical (unpaired) electrons. The quantitative estimate of drug-likeness (QED) is 0.483. The van der Waals surface area contributed by atoms with E-state index in [1.165, 1.54) is 6.92 Å². The number of sulfone groups is 1. The van der Waals surface area contributed by atoms with Gasteiger partial charge in [-0.1, -0.05) is 0 Å². The Labute approximate surface area is 59.1 Å². The number of hydrogen-bond acceptors (Lipinski definition) is 4. The van der Waals surface area contributed by atoms with Crippen molar-refractivity contribution in [3.8, 4) is 0 Å². The van der Waals surface area contributed by atoms with Crippen LogP contribution < -0.4 is 0 Å². The van der Waals surface area contributed by atoms with Gasteiger partial charge in [-0.25, -0.2) is 8.42 Å². The summed E-state index contributed by atoms with van der Waals surface area (Å²) in [5, 5.41) is 0. The van der Waals surface area contributed by atoms with Crippen LogP contribution in [-0.4, -0.2) is 32.0 Å². The molecule has 1 fully saturated rings. The summed E-state index contributed by atoms with van der Waals surface area (Å²) in [4.78, 5) is 10.2. The molecule has 1 heterocycles. The second kappa shape index (κ2) is 2.23. The second-order valence-electron chi connectivity index (χ2n) is 2.31. The Hall–Kier alpha value is -0.580. The third-order valence-corrected chi connectivity index (χ3v) is 2.97. The predicted molar refractivity (Wildman–Crippen MR) is 34.2 cm³/mol. The maximum Gasteiger partial charge on any atom is 0.302 e. The Balaban J connectivity index is 2.34. The molecule has 1 saturated heterocycles. The predicted octanol–water partition coefficient (Wildman–Crippen LogP) is -0.653. The molecular weight excluding hydrogens is 156 g/mol. The van der Waals surface area contributed by atoms with Gasteiger partial charge in [0, 0.05) is 6.92 Å². The lowest BCUT2D eigenvalue weighted by atomic mass is 10.4. The molecule has 0 amide bonds. The van der Waals surface area contributed by atoms with Crippen molar-refractivity contribution < 1.29 is 17.9 Å². The van der Waals surface area contributed by atoms with Gasteiger partial charge >= 0.3 is 5.97 Å². The van der Waals surface area contributed by atoms with E-state index in [-0.39, 0.29) is 17.6 Å². The van der Waals surface area contributed by atoms with Crippen molar-refractivity contribution in [1.82, 2.24) is 0 Å². The average molecular weight is 164 g/mol. The lowest BCUT2D eigenvalue weighted by molar-refractivity contribution is -0.144. The number of carbonyl (C=O) groups is 1. The van der Waals surface area contributed by atoms with E-state index in [2.05, 4.69) is 4.74 Å². The minimum atomic E-state index is -2.85. The highest BCUT2D eigenvalue weighted by molar-refractivity contribution is 7.92.